The number of hydrogen-bond donors (Lipinski definition) is 3. The van der Waals surface area contributed by atoms with Crippen LogP contribution in [0.4, 0.5) is 13.2 Å². The molecule has 0 aliphatic heterocycles. The summed E-state index contributed by atoms with van der Waals surface area (Å²) in [6, 6.07) is 9.50. The van der Waals surface area contributed by atoms with Gasteiger partial charge in [0.25, 0.3) is 0 Å². The van der Waals surface area contributed by atoms with Gasteiger partial charge >= 0.3 is 6.18 Å². The number of hydrogen-bond acceptors (Lipinski definition) is 3. The smallest absolute Gasteiger partial charge is 0.374 e. The number of alkyl halides is 3. The lowest BCUT2D eigenvalue weighted by molar-refractivity contribution is -0.272. The molecule has 0 radical (unpaired) electrons. The third-order valence-electron chi connectivity index (χ3n) is 4.05. The highest BCUT2D eigenvalue weighted by atomic mass is 19.4. The number of halogens is 3. The number of guanidine groups is 1. The zero-order valence-electron chi connectivity index (χ0n) is 15.3. The minimum atomic E-state index is -4.85. The number of aryl methyl sites for hydroxylation is 1. The second kappa shape index (κ2) is 8.90. The molecule has 0 aliphatic rings. The average molecular weight is 383 g/mol. The lowest BCUT2D eigenvalue weighted by Crippen LogP contribution is -2.47. The zero-order valence-corrected chi connectivity index (χ0v) is 15.3. The average Bonchev–Trinajstić information content (AvgIpc) is 3.06. The van der Waals surface area contributed by atoms with E-state index in [0.29, 0.717) is 19.0 Å². The Morgan fingerprint density at radius 1 is 1.22 bits per heavy atom. The van der Waals surface area contributed by atoms with Gasteiger partial charge < -0.3 is 20.3 Å². The molecule has 27 heavy (non-hydrogen) atoms. The predicted octanol–water partition coefficient (Wildman–Crippen LogP) is 2.32. The molecule has 1 aromatic carbocycles. The van der Waals surface area contributed by atoms with Crippen molar-refractivity contribution in [3.8, 4) is 0 Å². The van der Waals surface area contributed by atoms with E-state index in [1.807, 2.05) is 37.3 Å². The highest BCUT2D eigenvalue weighted by Crippen LogP contribution is 2.40. The van der Waals surface area contributed by atoms with Crippen LogP contribution in [0, 0.1) is 0 Å². The standard InChI is InChI=1S/C18H24F3N5O/c1-3-22-16(25-13-14-7-5-4-6-8-14)24-10-9-17(27,18(19,20)21)15-23-11-12-26(15)2/h4-8,11-12,27H,3,9-10,13H2,1-2H3,(H2,22,24,25). The SMILES string of the molecule is CCNC(=NCc1ccccc1)NCCC(O)(c1nccn1C)C(F)(F)F. The van der Waals surface area contributed by atoms with E-state index in [1.54, 1.807) is 0 Å². The first-order chi connectivity index (χ1) is 12.8. The van der Waals surface area contributed by atoms with Gasteiger partial charge in [-0.1, -0.05) is 30.3 Å². The molecule has 0 saturated carbocycles. The molecular formula is C18H24F3N5O. The number of imidazole rings is 1. The fraction of sp³-hybridized carbons (Fsp3) is 0.444. The molecule has 0 saturated heterocycles. The van der Waals surface area contributed by atoms with Gasteiger partial charge in [0.05, 0.1) is 6.54 Å². The van der Waals surface area contributed by atoms with E-state index in [2.05, 4.69) is 20.6 Å². The monoisotopic (exact) mass is 383 g/mol. The first-order valence-electron chi connectivity index (χ1n) is 8.61. The molecule has 0 bridgehead atoms. The normalized spacial score (nSPS) is 14.7. The summed E-state index contributed by atoms with van der Waals surface area (Å²) < 4.78 is 41.7. The largest absolute Gasteiger partial charge is 0.424 e. The summed E-state index contributed by atoms with van der Waals surface area (Å²) >= 11 is 0. The van der Waals surface area contributed by atoms with Crippen LogP contribution in [0.5, 0.6) is 0 Å². The van der Waals surface area contributed by atoms with Gasteiger partial charge in [-0.25, -0.2) is 9.98 Å². The Morgan fingerprint density at radius 3 is 2.48 bits per heavy atom. The Labute approximate surface area is 156 Å². The molecule has 0 fully saturated rings. The van der Waals surface area contributed by atoms with Gasteiger partial charge in [0.1, 0.15) is 5.82 Å². The third-order valence-corrected chi connectivity index (χ3v) is 4.05. The zero-order chi connectivity index (χ0) is 19.9. The molecule has 0 amide bonds. The van der Waals surface area contributed by atoms with Crippen LogP contribution >= 0.6 is 0 Å². The molecule has 148 valence electrons. The van der Waals surface area contributed by atoms with Crippen LogP contribution in [-0.2, 0) is 19.2 Å². The molecule has 1 atom stereocenters. The number of benzene rings is 1. The number of nitrogens with zero attached hydrogens (tertiary/aromatic N) is 3. The van der Waals surface area contributed by atoms with Crippen LogP contribution in [0.3, 0.4) is 0 Å². The van der Waals surface area contributed by atoms with E-state index >= 15 is 0 Å². The van der Waals surface area contributed by atoms with Gasteiger partial charge in [0.15, 0.2) is 5.96 Å². The minimum absolute atomic E-state index is 0.135. The minimum Gasteiger partial charge on any atom is -0.374 e. The number of rotatable bonds is 7. The molecule has 6 nitrogen and oxygen atoms in total. The van der Waals surface area contributed by atoms with Crippen molar-refractivity contribution in [2.45, 2.75) is 31.7 Å². The van der Waals surface area contributed by atoms with Crippen molar-refractivity contribution in [3.63, 3.8) is 0 Å². The number of aromatic nitrogens is 2. The van der Waals surface area contributed by atoms with Crippen molar-refractivity contribution in [2.24, 2.45) is 12.0 Å². The van der Waals surface area contributed by atoms with Crippen LogP contribution in [-0.4, -0.2) is 39.9 Å². The molecule has 1 aromatic heterocycles. The van der Waals surface area contributed by atoms with Crippen LogP contribution in [0.15, 0.2) is 47.7 Å². The van der Waals surface area contributed by atoms with Gasteiger partial charge in [-0.15, -0.1) is 0 Å². The lowest BCUT2D eigenvalue weighted by atomic mass is 9.97. The summed E-state index contributed by atoms with van der Waals surface area (Å²) in [5, 5.41) is 16.2. The lowest BCUT2D eigenvalue weighted by Gasteiger charge is -2.30. The van der Waals surface area contributed by atoms with Gasteiger partial charge in [0, 0.05) is 39.0 Å². The van der Waals surface area contributed by atoms with Crippen molar-refractivity contribution in [1.82, 2.24) is 20.2 Å². The maximum absolute atomic E-state index is 13.5. The summed E-state index contributed by atoms with van der Waals surface area (Å²) in [6.45, 7) is 2.67. The Hall–Kier alpha value is -2.55. The number of aliphatic imine (C=N–C) groups is 1. The quantitative estimate of drug-likeness (QED) is 0.507. The van der Waals surface area contributed by atoms with Crippen molar-refractivity contribution in [3.05, 3.63) is 54.1 Å². The second-order valence-corrected chi connectivity index (χ2v) is 6.08. The molecule has 1 unspecified atom stereocenters. The van der Waals surface area contributed by atoms with Crippen molar-refractivity contribution in [1.29, 1.82) is 0 Å². The Balaban J connectivity index is 2.06. The van der Waals surface area contributed by atoms with Gasteiger partial charge in [-0.2, -0.15) is 13.2 Å². The molecule has 1 heterocycles. The van der Waals surface area contributed by atoms with Gasteiger partial charge in [-0.3, -0.25) is 0 Å². The van der Waals surface area contributed by atoms with Crippen LogP contribution in [0.25, 0.3) is 0 Å². The van der Waals surface area contributed by atoms with E-state index in [-0.39, 0.29) is 6.54 Å². The summed E-state index contributed by atoms with van der Waals surface area (Å²) in [4.78, 5) is 8.04. The topological polar surface area (TPSA) is 74.5 Å². The van der Waals surface area contributed by atoms with Crippen LogP contribution in [0.2, 0.25) is 0 Å². The second-order valence-electron chi connectivity index (χ2n) is 6.08. The first kappa shape index (κ1) is 20.8. The fourth-order valence-electron chi connectivity index (χ4n) is 2.60. The molecular weight excluding hydrogens is 359 g/mol. The fourth-order valence-corrected chi connectivity index (χ4v) is 2.60. The van der Waals surface area contributed by atoms with Crippen LogP contribution < -0.4 is 10.6 Å². The Bertz CT molecular complexity index is 745. The summed E-state index contributed by atoms with van der Waals surface area (Å²) in [7, 11) is 1.41. The van der Waals surface area contributed by atoms with Crippen molar-refractivity contribution in [2.75, 3.05) is 13.1 Å². The molecule has 2 rings (SSSR count). The number of nitrogens with one attached hydrogen (secondary N) is 2. The molecule has 2 aromatic rings. The summed E-state index contributed by atoms with van der Waals surface area (Å²) in [6.07, 6.45) is -2.86. The van der Waals surface area contributed by atoms with E-state index in [4.69, 9.17) is 0 Å². The molecule has 0 aliphatic carbocycles. The highest BCUT2D eigenvalue weighted by Gasteiger charge is 2.57. The van der Waals surface area contributed by atoms with E-state index in [1.165, 1.54) is 24.0 Å². The predicted molar refractivity (Wildman–Crippen MR) is 97.0 cm³/mol. The maximum Gasteiger partial charge on any atom is 0.424 e. The third kappa shape index (κ3) is 5.22. The molecule has 9 heteroatoms. The summed E-state index contributed by atoms with van der Waals surface area (Å²) in [5.74, 6) is -0.0613. The van der Waals surface area contributed by atoms with E-state index < -0.39 is 24.0 Å². The molecule has 0 spiro atoms. The van der Waals surface area contributed by atoms with Crippen LogP contribution in [0.1, 0.15) is 24.7 Å². The van der Waals surface area contributed by atoms with Gasteiger partial charge in [-0.05, 0) is 12.5 Å². The molecule has 3 N–H and O–H groups in total. The maximum atomic E-state index is 13.5. The highest BCUT2D eigenvalue weighted by molar-refractivity contribution is 5.79. The Morgan fingerprint density at radius 2 is 1.93 bits per heavy atom. The van der Waals surface area contributed by atoms with Gasteiger partial charge in [0.2, 0.25) is 5.60 Å². The number of aliphatic hydroxyl groups is 1. The van der Waals surface area contributed by atoms with Crippen molar-refractivity contribution < 1.29 is 18.3 Å². The van der Waals surface area contributed by atoms with Crippen molar-refractivity contribution >= 4 is 5.96 Å². The first-order valence-corrected chi connectivity index (χ1v) is 8.61. The Kier molecular flexibility index (Phi) is 6.84. The van der Waals surface area contributed by atoms with E-state index in [9.17, 15) is 18.3 Å². The summed E-state index contributed by atoms with van der Waals surface area (Å²) in [5.41, 5.74) is -2.07. The van der Waals surface area contributed by atoms with E-state index in [0.717, 1.165) is 5.56 Å².